The Balaban J connectivity index is 2.18. The molecule has 1 aromatic rings. The summed E-state index contributed by atoms with van der Waals surface area (Å²) in [6.45, 7) is 3.42. The maximum atomic E-state index is 12.4. The van der Waals surface area contributed by atoms with Gasteiger partial charge in [-0.3, -0.25) is 4.79 Å². The number of hydrogen-bond donors (Lipinski definition) is 2. The Morgan fingerprint density at radius 1 is 1.58 bits per heavy atom. The fourth-order valence-corrected chi connectivity index (χ4v) is 2.88. The van der Waals surface area contributed by atoms with Crippen LogP contribution < -0.4 is 5.73 Å². The van der Waals surface area contributed by atoms with Gasteiger partial charge in [0.25, 0.3) is 5.91 Å². The average molecular weight is 327 g/mol. The molecular weight excluding hydrogens is 308 g/mol. The minimum absolute atomic E-state index is 0.0242. The van der Waals surface area contributed by atoms with Crippen molar-refractivity contribution in [3.8, 4) is 5.75 Å². The van der Waals surface area contributed by atoms with Gasteiger partial charge in [-0.1, -0.05) is 29.3 Å². The molecule has 2 unspecified atom stereocenters. The molecule has 3 N–H and O–H groups in total. The van der Waals surface area contributed by atoms with Crippen molar-refractivity contribution in [1.29, 1.82) is 0 Å². The van der Waals surface area contributed by atoms with Crippen LogP contribution in [0.15, 0.2) is 22.7 Å². The van der Waals surface area contributed by atoms with Gasteiger partial charge in [0.2, 0.25) is 0 Å². The molecule has 1 fully saturated rings. The number of hydrogen-bond acceptors (Lipinski definition) is 3. The average Bonchev–Trinajstić information content (AvgIpc) is 2.41. The predicted molar refractivity (Wildman–Crippen MR) is 78.1 cm³/mol. The molecular formula is C14H19BrN2O2. The highest BCUT2D eigenvalue weighted by Crippen LogP contribution is 2.26. The molecule has 19 heavy (non-hydrogen) atoms. The molecule has 1 aromatic carbocycles. The van der Waals surface area contributed by atoms with Crippen molar-refractivity contribution in [1.82, 2.24) is 4.90 Å². The smallest absolute Gasteiger partial charge is 0.257 e. The molecule has 0 saturated carbocycles. The highest BCUT2D eigenvalue weighted by Gasteiger charge is 2.29. The van der Waals surface area contributed by atoms with E-state index in [1.807, 2.05) is 0 Å². The number of phenolic OH excluding ortho intramolecular Hbond substituents is 1. The number of rotatable bonds is 2. The Labute approximate surface area is 121 Å². The van der Waals surface area contributed by atoms with Gasteiger partial charge in [-0.05, 0) is 30.5 Å². The van der Waals surface area contributed by atoms with Crippen LogP contribution >= 0.6 is 15.9 Å². The molecule has 2 rings (SSSR count). The molecule has 4 nitrogen and oxygen atoms in total. The maximum Gasteiger partial charge on any atom is 0.257 e. The normalized spacial score (nSPS) is 23.4. The topological polar surface area (TPSA) is 66.6 Å². The van der Waals surface area contributed by atoms with Gasteiger partial charge in [-0.25, -0.2) is 0 Å². The van der Waals surface area contributed by atoms with Gasteiger partial charge in [0.05, 0.1) is 5.56 Å². The molecule has 104 valence electrons. The first-order valence-electron chi connectivity index (χ1n) is 6.56. The van der Waals surface area contributed by atoms with Crippen molar-refractivity contribution in [2.75, 3.05) is 13.1 Å². The lowest BCUT2D eigenvalue weighted by molar-refractivity contribution is 0.0646. The summed E-state index contributed by atoms with van der Waals surface area (Å²) in [4.78, 5) is 14.2. The lowest BCUT2D eigenvalue weighted by Gasteiger charge is -2.36. The van der Waals surface area contributed by atoms with Gasteiger partial charge in [-0.15, -0.1) is 0 Å². The van der Waals surface area contributed by atoms with Gasteiger partial charge in [0.15, 0.2) is 0 Å². The molecule has 1 amide bonds. The summed E-state index contributed by atoms with van der Waals surface area (Å²) in [5, 5.41) is 9.82. The molecule has 1 heterocycles. The third kappa shape index (κ3) is 3.09. The molecule has 5 heteroatoms. The third-order valence-electron chi connectivity index (χ3n) is 3.79. The summed E-state index contributed by atoms with van der Waals surface area (Å²) in [7, 11) is 0. The summed E-state index contributed by atoms with van der Waals surface area (Å²) in [5.74, 6) is 0.243. The summed E-state index contributed by atoms with van der Waals surface area (Å²) in [6.07, 6.45) is 1.79. The van der Waals surface area contributed by atoms with Crippen LogP contribution in [0, 0.1) is 5.92 Å². The van der Waals surface area contributed by atoms with Gasteiger partial charge < -0.3 is 15.7 Å². The summed E-state index contributed by atoms with van der Waals surface area (Å²) in [6, 6.07) is 5.08. The number of nitrogens with two attached hydrogens (primary N) is 1. The van der Waals surface area contributed by atoms with E-state index in [-0.39, 0.29) is 17.7 Å². The SMILES string of the molecule is CCC1CN(C(=O)c2cc(Br)ccc2O)CCC1N. The van der Waals surface area contributed by atoms with Crippen molar-refractivity contribution in [2.45, 2.75) is 25.8 Å². The van der Waals surface area contributed by atoms with Gasteiger partial charge >= 0.3 is 0 Å². The zero-order valence-electron chi connectivity index (χ0n) is 11.0. The molecule has 1 saturated heterocycles. The van der Waals surface area contributed by atoms with Crippen LogP contribution in [0.1, 0.15) is 30.1 Å². The van der Waals surface area contributed by atoms with E-state index in [1.54, 1.807) is 17.0 Å². The first-order chi connectivity index (χ1) is 9.02. The lowest BCUT2D eigenvalue weighted by Crippen LogP contribution is -2.49. The quantitative estimate of drug-likeness (QED) is 0.876. The number of phenols is 1. The fraction of sp³-hybridized carbons (Fsp3) is 0.500. The molecule has 2 atom stereocenters. The van der Waals surface area contributed by atoms with E-state index in [4.69, 9.17) is 5.73 Å². The van der Waals surface area contributed by atoms with Crippen LogP contribution in [0.2, 0.25) is 0 Å². The van der Waals surface area contributed by atoms with Gasteiger partial charge in [0, 0.05) is 23.6 Å². The number of amides is 1. The minimum atomic E-state index is -0.121. The maximum absolute atomic E-state index is 12.4. The van der Waals surface area contributed by atoms with E-state index in [9.17, 15) is 9.90 Å². The second-order valence-electron chi connectivity index (χ2n) is 5.03. The van der Waals surface area contributed by atoms with E-state index in [2.05, 4.69) is 22.9 Å². The minimum Gasteiger partial charge on any atom is -0.507 e. The monoisotopic (exact) mass is 326 g/mol. The van der Waals surface area contributed by atoms with Gasteiger partial charge in [0.1, 0.15) is 5.75 Å². The predicted octanol–water partition coefficient (Wildman–Crippen LogP) is 2.35. The first kappa shape index (κ1) is 14.3. The van der Waals surface area contributed by atoms with E-state index < -0.39 is 0 Å². The number of benzene rings is 1. The van der Waals surface area contributed by atoms with Crippen LogP contribution in [0.25, 0.3) is 0 Å². The number of likely N-dealkylation sites (tertiary alicyclic amines) is 1. The van der Waals surface area contributed by atoms with E-state index in [1.165, 1.54) is 6.07 Å². The number of piperidine rings is 1. The Morgan fingerprint density at radius 2 is 2.32 bits per heavy atom. The fourth-order valence-electron chi connectivity index (χ4n) is 2.52. The van der Waals surface area contributed by atoms with Crippen LogP contribution in [-0.2, 0) is 0 Å². The van der Waals surface area contributed by atoms with Crippen molar-refractivity contribution in [3.05, 3.63) is 28.2 Å². The molecule has 1 aliphatic heterocycles. The molecule has 0 aromatic heterocycles. The molecule has 0 radical (unpaired) electrons. The van der Waals surface area contributed by atoms with Gasteiger partial charge in [-0.2, -0.15) is 0 Å². The number of aromatic hydroxyl groups is 1. The lowest BCUT2D eigenvalue weighted by atomic mass is 9.90. The highest BCUT2D eigenvalue weighted by molar-refractivity contribution is 9.10. The van der Waals surface area contributed by atoms with Crippen LogP contribution in [-0.4, -0.2) is 35.0 Å². The van der Waals surface area contributed by atoms with Crippen LogP contribution in [0.5, 0.6) is 5.75 Å². The van der Waals surface area contributed by atoms with E-state index in [0.717, 1.165) is 17.3 Å². The highest BCUT2D eigenvalue weighted by atomic mass is 79.9. The summed E-state index contributed by atoms with van der Waals surface area (Å²) >= 11 is 3.32. The zero-order valence-corrected chi connectivity index (χ0v) is 12.6. The molecule has 1 aliphatic rings. The van der Waals surface area contributed by atoms with Crippen molar-refractivity contribution >= 4 is 21.8 Å². The molecule has 0 bridgehead atoms. The summed E-state index contributed by atoms with van der Waals surface area (Å²) in [5.41, 5.74) is 6.40. The Morgan fingerprint density at radius 3 is 3.00 bits per heavy atom. The van der Waals surface area contributed by atoms with E-state index in [0.29, 0.717) is 24.6 Å². The second-order valence-corrected chi connectivity index (χ2v) is 5.95. The number of carbonyl (C=O) groups excluding carboxylic acids is 1. The third-order valence-corrected chi connectivity index (χ3v) is 4.29. The standard InChI is InChI=1S/C14H19BrN2O2/c1-2-9-8-17(6-5-12(9)16)14(19)11-7-10(15)3-4-13(11)18/h3-4,7,9,12,18H,2,5-6,8,16H2,1H3. The number of carbonyl (C=O) groups is 1. The van der Waals surface area contributed by atoms with Crippen molar-refractivity contribution < 1.29 is 9.90 Å². The Hall–Kier alpha value is -1.07. The molecule has 0 aliphatic carbocycles. The number of halogens is 1. The van der Waals surface area contributed by atoms with E-state index >= 15 is 0 Å². The van der Waals surface area contributed by atoms with Crippen LogP contribution in [0.4, 0.5) is 0 Å². The second kappa shape index (κ2) is 5.92. The molecule has 0 spiro atoms. The zero-order chi connectivity index (χ0) is 14.0. The Kier molecular flexibility index (Phi) is 4.47. The van der Waals surface area contributed by atoms with Crippen molar-refractivity contribution in [3.63, 3.8) is 0 Å². The Bertz CT molecular complexity index is 479. The van der Waals surface area contributed by atoms with Crippen LogP contribution in [0.3, 0.4) is 0 Å². The van der Waals surface area contributed by atoms with Crippen molar-refractivity contribution in [2.24, 2.45) is 11.7 Å². The largest absolute Gasteiger partial charge is 0.507 e. The first-order valence-corrected chi connectivity index (χ1v) is 7.35. The summed E-state index contributed by atoms with van der Waals surface area (Å²) < 4.78 is 0.786. The number of nitrogens with zero attached hydrogens (tertiary/aromatic N) is 1.